The smallest absolute Gasteiger partial charge is 0.321 e. The third kappa shape index (κ3) is 3.87. The highest BCUT2D eigenvalue weighted by Gasteiger charge is 2.32. The molecule has 1 aliphatic heterocycles. The fourth-order valence-corrected chi connectivity index (χ4v) is 2.62. The number of likely N-dealkylation sites (tertiary alicyclic amines) is 1. The number of aryl methyl sites for hydroxylation is 1. The SMILES string of the molecule is Cc1ccc(CN2CC[C@@H](NC(=O)Nc3cccnn3)C2=O)cc1. The minimum atomic E-state index is -0.507. The summed E-state index contributed by atoms with van der Waals surface area (Å²) in [7, 11) is 0. The van der Waals surface area contributed by atoms with Crippen LogP contribution in [-0.2, 0) is 11.3 Å². The second kappa shape index (κ2) is 7.08. The number of nitrogens with one attached hydrogen (secondary N) is 2. The van der Waals surface area contributed by atoms with E-state index in [0.29, 0.717) is 25.3 Å². The van der Waals surface area contributed by atoms with Crippen molar-refractivity contribution in [3.8, 4) is 0 Å². The van der Waals surface area contributed by atoms with E-state index in [1.807, 2.05) is 31.2 Å². The fraction of sp³-hybridized carbons (Fsp3) is 0.294. The van der Waals surface area contributed by atoms with Crippen LogP contribution in [0.2, 0.25) is 0 Å². The van der Waals surface area contributed by atoms with Gasteiger partial charge in [0, 0.05) is 19.3 Å². The van der Waals surface area contributed by atoms with Gasteiger partial charge in [-0.05, 0) is 31.0 Å². The number of hydrogen-bond acceptors (Lipinski definition) is 4. The van der Waals surface area contributed by atoms with Gasteiger partial charge in [-0.2, -0.15) is 5.10 Å². The zero-order valence-corrected chi connectivity index (χ0v) is 13.4. The van der Waals surface area contributed by atoms with Gasteiger partial charge in [0.15, 0.2) is 5.82 Å². The summed E-state index contributed by atoms with van der Waals surface area (Å²) in [5.74, 6) is 0.279. The topological polar surface area (TPSA) is 87.2 Å². The zero-order valence-electron chi connectivity index (χ0n) is 13.4. The molecule has 1 atom stereocenters. The van der Waals surface area contributed by atoms with Crippen molar-refractivity contribution in [2.75, 3.05) is 11.9 Å². The summed E-state index contributed by atoms with van der Waals surface area (Å²) < 4.78 is 0. The normalized spacial score (nSPS) is 17.0. The van der Waals surface area contributed by atoms with Gasteiger partial charge in [0.2, 0.25) is 5.91 Å². The minimum absolute atomic E-state index is 0.0649. The summed E-state index contributed by atoms with van der Waals surface area (Å²) in [6.07, 6.45) is 2.12. The highest BCUT2D eigenvalue weighted by Crippen LogP contribution is 2.16. The Labute approximate surface area is 140 Å². The molecular weight excluding hydrogens is 306 g/mol. The van der Waals surface area contributed by atoms with Crippen LogP contribution in [-0.4, -0.2) is 39.6 Å². The molecule has 0 spiro atoms. The number of hydrogen-bond donors (Lipinski definition) is 2. The van der Waals surface area contributed by atoms with Crippen LogP contribution in [0.3, 0.4) is 0 Å². The molecule has 1 saturated heterocycles. The summed E-state index contributed by atoms with van der Waals surface area (Å²) in [5, 5.41) is 12.7. The second-order valence-electron chi connectivity index (χ2n) is 5.79. The van der Waals surface area contributed by atoms with E-state index in [9.17, 15) is 9.59 Å². The van der Waals surface area contributed by atoms with E-state index in [0.717, 1.165) is 5.56 Å². The van der Waals surface area contributed by atoms with E-state index in [2.05, 4.69) is 20.8 Å². The van der Waals surface area contributed by atoms with Gasteiger partial charge in [0.05, 0.1) is 0 Å². The number of benzene rings is 1. The highest BCUT2D eigenvalue weighted by molar-refractivity contribution is 5.93. The number of urea groups is 1. The molecule has 0 aliphatic carbocycles. The van der Waals surface area contributed by atoms with Gasteiger partial charge in [-0.25, -0.2) is 4.79 Å². The maximum atomic E-state index is 12.4. The largest absolute Gasteiger partial charge is 0.336 e. The van der Waals surface area contributed by atoms with E-state index in [4.69, 9.17) is 0 Å². The molecule has 0 bridgehead atoms. The van der Waals surface area contributed by atoms with Gasteiger partial charge < -0.3 is 10.2 Å². The average molecular weight is 325 g/mol. The number of rotatable bonds is 4. The quantitative estimate of drug-likeness (QED) is 0.896. The second-order valence-corrected chi connectivity index (χ2v) is 5.79. The maximum Gasteiger partial charge on any atom is 0.321 e. The monoisotopic (exact) mass is 325 g/mol. The molecule has 1 aromatic heterocycles. The molecule has 1 aromatic carbocycles. The van der Waals surface area contributed by atoms with Crippen LogP contribution in [0, 0.1) is 6.92 Å². The Balaban J connectivity index is 1.54. The first kappa shape index (κ1) is 15.9. The highest BCUT2D eigenvalue weighted by atomic mass is 16.2. The molecule has 124 valence electrons. The Hall–Kier alpha value is -2.96. The van der Waals surface area contributed by atoms with Crippen molar-refractivity contribution in [2.24, 2.45) is 0 Å². The van der Waals surface area contributed by atoms with E-state index < -0.39 is 12.1 Å². The molecule has 2 N–H and O–H groups in total. The molecule has 0 radical (unpaired) electrons. The molecule has 1 aliphatic rings. The summed E-state index contributed by atoms with van der Waals surface area (Å²) in [6.45, 7) is 3.21. The van der Waals surface area contributed by atoms with Gasteiger partial charge in [0.1, 0.15) is 6.04 Å². The van der Waals surface area contributed by atoms with Crippen LogP contribution in [0.25, 0.3) is 0 Å². The van der Waals surface area contributed by atoms with Crippen molar-refractivity contribution in [3.05, 3.63) is 53.7 Å². The molecular formula is C17H19N5O2. The van der Waals surface area contributed by atoms with Crippen LogP contribution in [0.1, 0.15) is 17.5 Å². The van der Waals surface area contributed by atoms with E-state index in [1.54, 1.807) is 17.0 Å². The van der Waals surface area contributed by atoms with Gasteiger partial charge in [-0.3, -0.25) is 10.1 Å². The number of amides is 3. The Morgan fingerprint density at radius 3 is 2.79 bits per heavy atom. The molecule has 24 heavy (non-hydrogen) atoms. The number of aromatic nitrogens is 2. The van der Waals surface area contributed by atoms with Crippen LogP contribution >= 0.6 is 0 Å². The lowest BCUT2D eigenvalue weighted by Gasteiger charge is -2.17. The third-order valence-corrected chi connectivity index (χ3v) is 3.91. The number of carbonyl (C=O) groups excluding carboxylic acids is 2. The molecule has 7 nitrogen and oxygen atoms in total. The van der Waals surface area contributed by atoms with Crippen molar-refractivity contribution in [2.45, 2.75) is 25.9 Å². The number of anilines is 1. The average Bonchev–Trinajstić information content (AvgIpc) is 2.91. The van der Waals surface area contributed by atoms with E-state index in [1.165, 1.54) is 11.8 Å². The predicted molar refractivity (Wildman–Crippen MR) is 89.2 cm³/mol. The minimum Gasteiger partial charge on any atom is -0.336 e. The summed E-state index contributed by atoms with van der Waals surface area (Å²) in [4.78, 5) is 26.1. The first-order valence-electron chi connectivity index (χ1n) is 7.81. The van der Waals surface area contributed by atoms with Crippen molar-refractivity contribution in [3.63, 3.8) is 0 Å². The lowest BCUT2D eigenvalue weighted by Crippen LogP contribution is -2.43. The number of nitrogens with zero attached hydrogens (tertiary/aromatic N) is 3. The van der Waals surface area contributed by atoms with Crippen molar-refractivity contribution in [1.82, 2.24) is 20.4 Å². The van der Waals surface area contributed by atoms with Gasteiger partial charge >= 0.3 is 6.03 Å². The third-order valence-electron chi connectivity index (χ3n) is 3.91. The van der Waals surface area contributed by atoms with Crippen molar-refractivity contribution in [1.29, 1.82) is 0 Å². The standard InChI is InChI=1S/C17H19N5O2/c1-12-4-6-13(7-5-12)11-22-10-8-14(16(22)23)19-17(24)20-15-3-2-9-18-21-15/h2-7,9,14H,8,10-11H2,1H3,(H2,19,20,21,24)/t14-/m1/s1. The lowest BCUT2D eigenvalue weighted by atomic mass is 10.1. The first-order valence-corrected chi connectivity index (χ1v) is 7.81. The predicted octanol–water partition coefficient (Wildman–Crippen LogP) is 1.71. The van der Waals surface area contributed by atoms with Crippen molar-refractivity contribution >= 4 is 17.8 Å². The van der Waals surface area contributed by atoms with Crippen LogP contribution in [0.15, 0.2) is 42.6 Å². The Kier molecular flexibility index (Phi) is 4.69. The number of carbonyl (C=O) groups is 2. The Morgan fingerprint density at radius 2 is 2.08 bits per heavy atom. The van der Waals surface area contributed by atoms with Crippen LogP contribution < -0.4 is 10.6 Å². The maximum absolute atomic E-state index is 12.4. The Morgan fingerprint density at radius 1 is 1.29 bits per heavy atom. The molecule has 2 aromatic rings. The fourth-order valence-electron chi connectivity index (χ4n) is 2.62. The molecule has 2 heterocycles. The van der Waals surface area contributed by atoms with E-state index >= 15 is 0 Å². The molecule has 0 unspecified atom stereocenters. The summed E-state index contributed by atoms with van der Waals surface area (Å²) in [6, 6.07) is 10.4. The lowest BCUT2D eigenvalue weighted by molar-refractivity contribution is -0.129. The Bertz CT molecular complexity index is 718. The van der Waals surface area contributed by atoms with E-state index in [-0.39, 0.29) is 5.91 Å². The van der Waals surface area contributed by atoms with Gasteiger partial charge in [0.25, 0.3) is 0 Å². The van der Waals surface area contributed by atoms with Gasteiger partial charge in [-0.15, -0.1) is 5.10 Å². The molecule has 7 heteroatoms. The summed E-state index contributed by atoms with van der Waals surface area (Å²) in [5.41, 5.74) is 2.27. The van der Waals surface area contributed by atoms with Crippen LogP contribution in [0.4, 0.5) is 10.6 Å². The molecule has 3 rings (SSSR count). The van der Waals surface area contributed by atoms with Crippen molar-refractivity contribution < 1.29 is 9.59 Å². The summed E-state index contributed by atoms with van der Waals surface area (Å²) >= 11 is 0. The zero-order chi connectivity index (χ0) is 16.9. The first-order chi connectivity index (χ1) is 11.6. The molecule has 3 amide bonds. The molecule has 0 saturated carbocycles. The van der Waals surface area contributed by atoms with Crippen LogP contribution in [0.5, 0.6) is 0 Å². The molecule has 1 fully saturated rings. The van der Waals surface area contributed by atoms with Gasteiger partial charge in [-0.1, -0.05) is 29.8 Å².